The number of hydrogen-bond acceptors (Lipinski definition) is 4. The molecule has 3 N–H and O–H groups in total. The first-order valence-electron chi connectivity index (χ1n) is 10.9. The van der Waals surface area contributed by atoms with Crippen molar-refractivity contribution in [2.75, 3.05) is 13.2 Å². The topological polar surface area (TPSA) is 77.8 Å². The van der Waals surface area contributed by atoms with Crippen molar-refractivity contribution in [1.82, 2.24) is 0 Å². The fourth-order valence-electron chi connectivity index (χ4n) is 6.25. The van der Waals surface area contributed by atoms with Gasteiger partial charge in [-0.05, 0) is 71.3 Å². The number of carbonyl (C=O) groups excluding carboxylic acids is 1. The molecule has 4 nitrogen and oxygen atoms in total. The van der Waals surface area contributed by atoms with Crippen molar-refractivity contribution in [1.29, 1.82) is 0 Å². The molecule has 4 aliphatic carbocycles. The predicted molar refractivity (Wildman–Crippen MR) is 111 cm³/mol. The number of Topliss-reactive ketones (excluding diaryl/α,β-unsaturated/α-hetero) is 1. The Morgan fingerprint density at radius 1 is 0.857 bits per heavy atom. The summed E-state index contributed by atoms with van der Waals surface area (Å²) >= 11 is 0. The summed E-state index contributed by atoms with van der Waals surface area (Å²) in [6, 6.07) is 0. The normalized spacial score (nSPS) is 44.8. The second-order valence-electron chi connectivity index (χ2n) is 10.3. The van der Waals surface area contributed by atoms with Crippen molar-refractivity contribution in [2.24, 2.45) is 34.5 Å². The number of aliphatic hydroxyl groups excluding tert-OH is 3. The molecule has 28 heavy (non-hydrogen) atoms. The highest BCUT2D eigenvalue weighted by molar-refractivity contribution is 5.80. The first kappa shape index (κ1) is 21.7. The number of rotatable bonds is 2. The summed E-state index contributed by atoms with van der Waals surface area (Å²) in [5, 5.41) is 28.0. The van der Waals surface area contributed by atoms with Gasteiger partial charge in [-0.2, -0.15) is 0 Å². The fraction of sp³-hybridized carbons (Fsp3) is 0.792. The number of fused-ring (bicyclic) bond motifs is 2. The zero-order chi connectivity index (χ0) is 20.7. The Morgan fingerprint density at radius 3 is 1.96 bits per heavy atom. The molecule has 158 valence electrons. The van der Waals surface area contributed by atoms with Gasteiger partial charge in [0.15, 0.2) is 0 Å². The van der Waals surface area contributed by atoms with Crippen LogP contribution in [0.25, 0.3) is 0 Å². The van der Waals surface area contributed by atoms with Gasteiger partial charge in [-0.1, -0.05) is 39.8 Å². The van der Waals surface area contributed by atoms with Crippen molar-refractivity contribution in [3.63, 3.8) is 0 Å². The van der Waals surface area contributed by atoms with Crippen LogP contribution in [0.2, 0.25) is 0 Å². The second-order valence-corrected chi connectivity index (χ2v) is 10.3. The molecule has 4 aliphatic rings. The van der Waals surface area contributed by atoms with Gasteiger partial charge in [0.05, 0.1) is 19.3 Å². The minimum absolute atomic E-state index is 0.130. The van der Waals surface area contributed by atoms with Gasteiger partial charge in [0, 0.05) is 12.8 Å². The first-order valence-corrected chi connectivity index (χ1v) is 10.9. The zero-order valence-electron chi connectivity index (χ0n) is 17.9. The highest BCUT2D eigenvalue weighted by Crippen LogP contribution is 2.53. The summed E-state index contributed by atoms with van der Waals surface area (Å²) in [6.07, 6.45) is 9.47. The molecule has 0 spiro atoms. The molecule has 0 heterocycles. The summed E-state index contributed by atoms with van der Waals surface area (Å²) < 4.78 is 0. The molecule has 0 aromatic carbocycles. The van der Waals surface area contributed by atoms with Crippen LogP contribution in [-0.2, 0) is 4.79 Å². The minimum atomic E-state index is -0.130. The van der Waals surface area contributed by atoms with E-state index in [1.54, 1.807) is 0 Å². The average Bonchev–Trinajstić information content (AvgIpc) is 3.14. The molecule has 0 bridgehead atoms. The Bertz CT molecular complexity index is 666. The third-order valence-electron chi connectivity index (χ3n) is 8.53. The number of aliphatic hydroxyl groups is 3. The van der Waals surface area contributed by atoms with Gasteiger partial charge in [-0.25, -0.2) is 0 Å². The van der Waals surface area contributed by atoms with E-state index in [1.165, 1.54) is 5.57 Å². The van der Waals surface area contributed by atoms with Crippen molar-refractivity contribution in [2.45, 2.75) is 72.3 Å². The smallest absolute Gasteiger partial charge is 0.133 e. The van der Waals surface area contributed by atoms with Crippen LogP contribution in [0.1, 0.15) is 66.2 Å². The SMILES string of the molecule is C[C@@H]1CC(=O)C[C@H]2CC(CO)=C[C@]21C.C[C@@H]1C[C@H](O)C[C@H]2CC(CO)=C[C@]21C. The minimum Gasteiger partial charge on any atom is -0.393 e. The van der Waals surface area contributed by atoms with Crippen molar-refractivity contribution in [3.8, 4) is 0 Å². The summed E-state index contributed by atoms with van der Waals surface area (Å²) in [6.45, 7) is 9.23. The van der Waals surface area contributed by atoms with E-state index in [-0.39, 0.29) is 30.1 Å². The maximum Gasteiger partial charge on any atom is 0.133 e. The van der Waals surface area contributed by atoms with Gasteiger partial charge in [0.2, 0.25) is 0 Å². The highest BCUT2D eigenvalue weighted by Gasteiger charge is 2.47. The van der Waals surface area contributed by atoms with Crippen LogP contribution in [0.5, 0.6) is 0 Å². The van der Waals surface area contributed by atoms with Gasteiger partial charge in [-0.15, -0.1) is 0 Å². The van der Waals surface area contributed by atoms with Crippen LogP contribution in [0.3, 0.4) is 0 Å². The molecule has 2 saturated carbocycles. The van der Waals surface area contributed by atoms with Crippen molar-refractivity contribution < 1.29 is 20.1 Å². The molecule has 0 unspecified atom stereocenters. The zero-order valence-corrected chi connectivity index (χ0v) is 17.9. The maximum atomic E-state index is 11.5. The number of carbonyl (C=O) groups is 1. The molecule has 4 heteroatoms. The van der Waals surface area contributed by atoms with Crippen LogP contribution < -0.4 is 0 Å². The highest BCUT2D eigenvalue weighted by atomic mass is 16.3. The summed E-state index contributed by atoms with van der Waals surface area (Å²) in [4.78, 5) is 11.5. The molecular weight excluding hydrogens is 352 g/mol. The predicted octanol–water partition coefficient (Wildman–Crippen LogP) is 3.65. The Morgan fingerprint density at radius 2 is 1.39 bits per heavy atom. The Hall–Kier alpha value is -0.970. The Kier molecular flexibility index (Phi) is 6.24. The number of allylic oxidation sites excluding steroid dienone is 2. The van der Waals surface area contributed by atoms with E-state index in [1.807, 2.05) is 0 Å². The largest absolute Gasteiger partial charge is 0.393 e. The molecule has 0 amide bonds. The lowest BCUT2D eigenvalue weighted by Gasteiger charge is -2.43. The molecule has 2 fully saturated rings. The molecular formula is C24H38O4. The molecule has 0 radical (unpaired) electrons. The molecule has 0 aromatic rings. The van der Waals surface area contributed by atoms with Crippen molar-refractivity contribution in [3.05, 3.63) is 23.3 Å². The summed E-state index contributed by atoms with van der Waals surface area (Å²) in [7, 11) is 0. The molecule has 0 aliphatic heterocycles. The maximum absolute atomic E-state index is 11.5. The second kappa shape index (κ2) is 8.04. The van der Waals surface area contributed by atoms with Gasteiger partial charge in [-0.3, -0.25) is 4.79 Å². The number of ketones is 1. The third kappa shape index (κ3) is 3.88. The van der Waals surface area contributed by atoms with Crippen LogP contribution in [0.4, 0.5) is 0 Å². The van der Waals surface area contributed by atoms with Gasteiger partial charge >= 0.3 is 0 Å². The van der Waals surface area contributed by atoms with E-state index in [0.29, 0.717) is 42.3 Å². The van der Waals surface area contributed by atoms with Crippen LogP contribution >= 0.6 is 0 Å². The van der Waals surface area contributed by atoms with Gasteiger partial charge < -0.3 is 15.3 Å². The Labute approximate surface area is 169 Å². The third-order valence-corrected chi connectivity index (χ3v) is 8.53. The lowest BCUT2D eigenvalue weighted by atomic mass is 9.63. The molecule has 4 rings (SSSR count). The van der Waals surface area contributed by atoms with Crippen LogP contribution in [0, 0.1) is 34.5 Å². The Balaban J connectivity index is 0.000000161. The lowest BCUT2D eigenvalue weighted by molar-refractivity contribution is -0.125. The van der Waals surface area contributed by atoms with E-state index in [0.717, 1.165) is 31.3 Å². The fourth-order valence-corrected chi connectivity index (χ4v) is 6.25. The molecule has 7 atom stereocenters. The lowest BCUT2D eigenvalue weighted by Crippen LogP contribution is -2.38. The van der Waals surface area contributed by atoms with Gasteiger partial charge in [0.25, 0.3) is 0 Å². The first-order chi connectivity index (χ1) is 13.1. The average molecular weight is 391 g/mol. The van der Waals surface area contributed by atoms with Crippen molar-refractivity contribution >= 4 is 5.78 Å². The van der Waals surface area contributed by atoms with Crippen LogP contribution in [0.15, 0.2) is 23.3 Å². The summed E-state index contributed by atoms with van der Waals surface area (Å²) in [5.41, 5.74) is 2.67. The number of hydrogen-bond donors (Lipinski definition) is 3. The van der Waals surface area contributed by atoms with Gasteiger partial charge in [0.1, 0.15) is 5.78 Å². The van der Waals surface area contributed by atoms with Crippen LogP contribution in [-0.4, -0.2) is 40.4 Å². The standard InChI is InChI=1S/C12H20O2.C12H18O2/c2*1-8-3-11(14)5-10-4-9(7-13)6-12(8,10)2/h6,8,10-11,13-14H,3-5,7H2,1-2H3;6,8,10,13H,3-5,7H2,1-2H3/t8-,10-,11+,12+;8-,10-,12+/m11/s1. The van der Waals surface area contributed by atoms with E-state index in [9.17, 15) is 9.90 Å². The van der Waals surface area contributed by atoms with E-state index >= 15 is 0 Å². The quantitative estimate of drug-likeness (QED) is 0.629. The molecule has 0 aromatic heterocycles. The summed E-state index contributed by atoms with van der Waals surface area (Å²) in [5.74, 6) is 2.34. The van der Waals surface area contributed by atoms with E-state index < -0.39 is 0 Å². The monoisotopic (exact) mass is 390 g/mol. The molecule has 0 saturated heterocycles. The van der Waals surface area contributed by atoms with E-state index in [4.69, 9.17) is 10.2 Å². The van der Waals surface area contributed by atoms with E-state index in [2.05, 4.69) is 39.8 Å².